The van der Waals surface area contributed by atoms with Crippen molar-refractivity contribution in [2.24, 2.45) is 0 Å². The van der Waals surface area contributed by atoms with Crippen molar-refractivity contribution >= 4 is 11.6 Å². The van der Waals surface area contributed by atoms with E-state index in [1.54, 1.807) is 12.1 Å². The zero-order chi connectivity index (χ0) is 13.0. The Labute approximate surface area is 113 Å². The van der Waals surface area contributed by atoms with Gasteiger partial charge in [-0.05, 0) is 45.0 Å². The maximum atomic E-state index is 13.6. The van der Waals surface area contributed by atoms with Gasteiger partial charge in [-0.3, -0.25) is 0 Å². The van der Waals surface area contributed by atoms with E-state index < -0.39 is 0 Å². The lowest BCUT2D eigenvalue weighted by atomic mass is 10.0. The van der Waals surface area contributed by atoms with Crippen molar-refractivity contribution in [3.8, 4) is 0 Å². The predicted octanol–water partition coefficient (Wildman–Crippen LogP) is 2.71. The summed E-state index contributed by atoms with van der Waals surface area (Å²) in [6.07, 6.45) is 3.12. The van der Waals surface area contributed by atoms with E-state index >= 15 is 0 Å². The third-order valence-corrected chi connectivity index (χ3v) is 4.01. The Morgan fingerprint density at radius 2 is 2.33 bits per heavy atom. The Balaban J connectivity index is 1.91. The van der Waals surface area contributed by atoms with Crippen molar-refractivity contribution < 1.29 is 4.39 Å². The summed E-state index contributed by atoms with van der Waals surface area (Å²) in [7, 11) is 2.00. The molecule has 1 heterocycles. The van der Waals surface area contributed by atoms with E-state index in [2.05, 4.69) is 10.2 Å². The molecule has 0 bridgehead atoms. The Hall–Kier alpha value is -0.640. The molecule has 0 saturated carbocycles. The van der Waals surface area contributed by atoms with Crippen molar-refractivity contribution in [2.45, 2.75) is 25.3 Å². The lowest BCUT2D eigenvalue weighted by Gasteiger charge is -2.32. The van der Waals surface area contributed by atoms with Crippen LogP contribution in [0.4, 0.5) is 4.39 Å². The predicted molar refractivity (Wildman–Crippen MR) is 73.6 cm³/mol. The zero-order valence-electron chi connectivity index (χ0n) is 10.8. The van der Waals surface area contributed by atoms with Gasteiger partial charge in [0.05, 0.1) is 0 Å². The van der Waals surface area contributed by atoms with Crippen LogP contribution in [0.1, 0.15) is 18.4 Å². The summed E-state index contributed by atoms with van der Waals surface area (Å²) in [6, 6.07) is 5.45. The first kappa shape index (κ1) is 13.8. The van der Waals surface area contributed by atoms with E-state index in [0.29, 0.717) is 23.0 Å². The van der Waals surface area contributed by atoms with Crippen LogP contribution in [0.15, 0.2) is 18.2 Å². The maximum Gasteiger partial charge on any atom is 0.127 e. The van der Waals surface area contributed by atoms with Crippen molar-refractivity contribution in [3.63, 3.8) is 0 Å². The third kappa shape index (κ3) is 3.44. The SMILES string of the molecule is CNC1CCCN(CCc2c(F)cccc2Cl)C1. The quantitative estimate of drug-likeness (QED) is 0.905. The zero-order valence-corrected chi connectivity index (χ0v) is 11.5. The van der Waals surface area contributed by atoms with Gasteiger partial charge in [0, 0.05) is 29.7 Å². The number of nitrogens with zero attached hydrogens (tertiary/aromatic N) is 1. The molecule has 0 aliphatic carbocycles. The van der Waals surface area contributed by atoms with Crippen molar-refractivity contribution in [3.05, 3.63) is 34.6 Å². The van der Waals surface area contributed by atoms with E-state index in [1.807, 2.05) is 7.05 Å². The molecule has 1 atom stereocenters. The highest BCUT2D eigenvalue weighted by atomic mass is 35.5. The van der Waals surface area contributed by atoms with Crippen LogP contribution in [0.25, 0.3) is 0 Å². The Morgan fingerprint density at radius 1 is 1.50 bits per heavy atom. The third-order valence-electron chi connectivity index (χ3n) is 3.65. The molecule has 0 amide bonds. The standard InChI is InChI=1S/C14H20ClFN2/c1-17-11-4-3-8-18(10-11)9-7-12-13(15)5-2-6-14(12)16/h2,5-6,11,17H,3-4,7-10H2,1H3. The smallest absolute Gasteiger partial charge is 0.127 e. The van der Waals surface area contributed by atoms with E-state index in [9.17, 15) is 4.39 Å². The highest BCUT2D eigenvalue weighted by molar-refractivity contribution is 6.31. The fraction of sp³-hybridized carbons (Fsp3) is 0.571. The number of likely N-dealkylation sites (N-methyl/N-ethyl adjacent to an activating group) is 1. The number of hydrogen-bond acceptors (Lipinski definition) is 2. The first-order valence-corrected chi connectivity index (χ1v) is 6.91. The molecule has 0 aromatic heterocycles. The fourth-order valence-corrected chi connectivity index (χ4v) is 2.79. The Bertz CT molecular complexity index is 377. The first-order chi connectivity index (χ1) is 8.70. The normalized spacial score (nSPS) is 21.2. The number of benzene rings is 1. The average molecular weight is 271 g/mol. The van der Waals surface area contributed by atoms with Crippen LogP contribution in [0.3, 0.4) is 0 Å². The minimum absolute atomic E-state index is 0.190. The van der Waals surface area contributed by atoms with Gasteiger partial charge < -0.3 is 10.2 Å². The fourth-order valence-electron chi connectivity index (χ4n) is 2.54. The molecule has 1 aliphatic heterocycles. The molecule has 4 heteroatoms. The molecular weight excluding hydrogens is 251 g/mol. The number of rotatable bonds is 4. The lowest BCUT2D eigenvalue weighted by molar-refractivity contribution is 0.197. The summed E-state index contributed by atoms with van der Waals surface area (Å²) in [5.74, 6) is -0.190. The van der Waals surface area contributed by atoms with E-state index in [0.717, 1.165) is 19.6 Å². The molecule has 0 radical (unpaired) electrons. The second-order valence-electron chi connectivity index (χ2n) is 4.88. The molecule has 100 valence electrons. The highest BCUT2D eigenvalue weighted by Crippen LogP contribution is 2.20. The Morgan fingerprint density at radius 3 is 3.06 bits per heavy atom. The van der Waals surface area contributed by atoms with Gasteiger partial charge >= 0.3 is 0 Å². The van der Waals surface area contributed by atoms with Crippen LogP contribution < -0.4 is 5.32 Å². The second-order valence-corrected chi connectivity index (χ2v) is 5.29. The van der Waals surface area contributed by atoms with E-state index in [1.165, 1.54) is 18.9 Å². The van der Waals surface area contributed by atoms with Crippen LogP contribution in [0.5, 0.6) is 0 Å². The van der Waals surface area contributed by atoms with Gasteiger partial charge in [-0.1, -0.05) is 17.7 Å². The number of halogens is 2. The number of nitrogens with one attached hydrogen (secondary N) is 1. The second kappa shape index (κ2) is 6.50. The monoisotopic (exact) mass is 270 g/mol. The summed E-state index contributed by atoms with van der Waals surface area (Å²) in [6.45, 7) is 3.02. The molecule has 1 N–H and O–H groups in total. The lowest BCUT2D eigenvalue weighted by Crippen LogP contribution is -2.45. The molecule has 1 fully saturated rings. The average Bonchev–Trinajstić information content (AvgIpc) is 2.38. The topological polar surface area (TPSA) is 15.3 Å². The molecule has 2 nitrogen and oxygen atoms in total. The van der Waals surface area contributed by atoms with Crippen LogP contribution in [0, 0.1) is 5.82 Å². The van der Waals surface area contributed by atoms with Gasteiger partial charge in [0.2, 0.25) is 0 Å². The summed E-state index contributed by atoms with van der Waals surface area (Å²) in [5, 5.41) is 3.85. The number of piperidine rings is 1. The van der Waals surface area contributed by atoms with Gasteiger partial charge in [0.1, 0.15) is 5.82 Å². The summed E-state index contributed by atoms with van der Waals surface area (Å²) < 4.78 is 13.6. The summed E-state index contributed by atoms with van der Waals surface area (Å²) >= 11 is 6.03. The molecular formula is C14H20ClFN2. The number of likely N-dealkylation sites (tertiary alicyclic amines) is 1. The minimum Gasteiger partial charge on any atom is -0.316 e. The van der Waals surface area contributed by atoms with Gasteiger partial charge in [0.15, 0.2) is 0 Å². The van der Waals surface area contributed by atoms with Gasteiger partial charge in [0.25, 0.3) is 0 Å². The molecule has 0 spiro atoms. The molecule has 2 rings (SSSR count). The minimum atomic E-state index is -0.190. The van der Waals surface area contributed by atoms with Gasteiger partial charge in [-0.15, -0.1) is 0 Å². The largest absolute Gasteiger partial charge is 0.316 e. The Kier molecular flexibility index (Phi) is 4.98. The molecule has 1 aromatic carbocycles. The van der Waals surface area contributed by atoms with Crippen molar-refractivity contribution in [2.75, 3.05) is 26.7 Å². The van der Waals surface area contributed by atoms with Crippen LogP contribution in [-0.4, -0.2) is 37.6 Å². The molecule has 18 heavy (non-hydrogen) atoms. The van der Waals surface area contributed by atoms with Gasteiger partial charge in [-0.25, -0.2) is 4.39 Å². The maximum absolute atomic E-state index is 13.6. The summed E-state index contributed by atoms with van der Waals surface area (Å²) in [5.41, 5.74) is 0.644. The van der Waals surface area contributed by atoms with E-state index in [-0.39, 0.29) is 5.82 Å². The molecule has 1 aliphatic rings. The highest BCUT2D eigenvalue weighted by Gasteiger charge is 2.18. The molecule has 1 aromatic rings. The van der Waals surface area contributed by atoms with Gasteiger partial charge in [-0.2, -0.15) is 0 Å². The van der Waals surface area contributed by atoms with Crippen LogP contribution in [0.2, 0.25) is 5.02 Å². The van der Waals surface area contributed by atoms with Crippen molar-refractivity contribution in [1.82, 2.24) is 10.2 Å². The van der Waals surface area contributed by atoms with Crippen LogP contribution >= 0.6 is 11.6 Å². The first-order valence-electron chi connectivity index (χ1n) is 6.53. The molecule has 1 saturated heterocycles. The molecule has 1 unspecified atom stereocenters. The summed E-state index contributed by atoms with van der Waals surface area (Å²) in [4.78, 5) is 2.38. The van der Waals surface area contributed by atoms with Crippen molar-refractivity contribution in [1.29, 1.82) is 0 Å². The van der Waals surface area contributed by atoms with Crippen LogP contribution in [-0.2, 0) is 6.42 Å². The number of hydrogen-bond donors (Lipinski definition) is 1. The van der Waals surface area contributed by atoms with E-state index in [4.69, 9.17) is 11.6 Å².